The molecule has 1 aromatic carbocycles. The fourth-order valence-corrected chi connectivity index (χ4v) is 2.59. The highest BCUT2D eigenvalue weighted by Crippen LogP contribution is 2.35. The predicted molar refractivity (Wildman–Crippen MR) is 66.8 cm³/mol. The van der Waals surface area contributed by atoms with Crippen LogP contribution in [0.25, 0.3) is 0 Å². The minimum absolute atomic E-state index is 0.384. The minimum Gasteiger partial charge on any atom is -0.387 e. The summed E-state index contributed by atoms with van der Waals surface area (Å²) in [6, 6.07) is 4.68. The Morgan fingerprint density at radius 3 is 2.75 bits per heavy atom. The van der Waals surface area contributed by atoms with Crippen LogP contribution in [0.5, 0.6) is 0 Å². The van der Waals surface area contributed by atoms with Gasteiger partial charge >= 0.3 is 6.18 Å². The van der Waals surface area contributed by atoms with Gasteiger partial charge in [-0.1, -0.05) is 12.1 Å². The number of carbonyl (C=O) groups is 1. The van der Waals surface area contributed by atoms with Gasteiger partial charge in [-0.15, -0.1) is 0 Å². The van der Waals surface area contributed by atoms with Gasteiger partial charge in [0.2, 0.25) is 5.91 Å². The minimum atomic E-state index is -4.39. The molecule has 0 spiro atoms. The smallest absolute Gasteiger partial charge is 0.387 e. The van der Waals surface area contributed by atoms with Crippen molar-refractivity contribution >= 4 is 5.91 Å². The van der Waals surface area contributed by atoms with Gasteiger partial charge in [-0.05, 0) is 37.0 Å². The van der Waals surface area contributed by atoms with E-state index in [9.17, 15) is 18.0 Å². The maximum atomic E-state index is 12.7. The van der Waals surface area contributed by atoms with E-state index in [2.05, 4.69) is 0 Å². The molecule has 1 aromatic rings. The lowest BCUT2D eigenvalue weighted by molar-refractivity contribution is -0.138. The zero-order valence-corrected chi connectivity index (χ0v) is 10.9. The lowest BCUT2D eigenvalue weighted by Gasteiger charge is -2.36. The van der Waals surface area contributed by atoms with Crippen LogP contribution in [0.1, 0.15) is 36.4 Å². The lowest BCUT2D eigenvalue weighted by atomic mass is 9.94. The Hall–Kier alpha value is -1.56. The number of nitrogens with zero attached hydrogens (tertiary/aromatic N) is 1. The van der Waals surface area contributed by atoms with E-state index in [0.717, 1.165) is 25.0 Å². The number of likely N-dealkylation sites (tertiary alicyclic amines) is 1. The van der Waals surface area contributed by atoms with Crippen LogP contribution >= 0.6 is 0 Å². The topological polar surface area (TPSA) is 40.5 Å². The van der Waals surface area contributed by atoms with Crippen molar-refractivity contribution in [2.24, 2.45) is 0 Å². The second kappa shape index (κ2) is 5.83. The molecular weight excluding hydrogens is 271 g/mol. The van der Waals surface area contributed by atoms with Crippen LogP contribution in [-0.4, -0.2) is 29.1 Å². The largest absolute Gasteiger partial charge is 0.416 e. The van der Waals surface area contributed by atoms with Gasteiger partial charge in [0.25, 0.3) is 0 Å². The summed E-state index contributed by atoms with van der Waals surface area (Å²) in [6.07, 6.45) is -2.11. The van der Waals surface area contributed by atoms with Crippen LogP contribution in [0.3, 0.4) is 0 Å². The van der Waals surface area contributed by atoms with Gasteiger partial charge in [-0.2, -0.15) is 13.2 Å². The monoisotopic (exact) mass is 287 g/mol. The van der Waals surface area contributed by atoms with Gasteiger partial charge in [-0.3, -0.25) is 4.79 Å². The number of alkyl halides is 3. The third-order valence-corrected chi connectivity index (χ3v) is 3.56. The summed E-state index contributed by atoms with van der Waals surface area (Å²) in [5, 5.41) is 8.96. The number of aliphatic hydroxyl groups is 1. The van der Waals surface area contributed by atoms with E-state index in [0.29, 0.717) is 18.5 Å². The predicted octanol–water partition coefficient (Wildman–Crippen LogP) is 2.75. The number of benzene rings is 1. The van der Waals surface area contributed by atoms with E-state index < -0.39 is 24.3 Å². The van der Waals surface area contributed by atoms with E-state index in [1.807, 2.05) is 0 Å². The molecule has 20 heavy (non-hydrogen) atoms. The first-order valence-electron chi connectivity index (χ1n) is 6.51. The first-order chi connectivity index (χ1) is 9.43. The Morgan fingerprint density at radius 1 is 1.35 bits per heavy atom. The summed E-state index contributed by atoms with van der Waals surface area (Å²) in [4.78, 5) is 13.2. The van der Waals surface area contributed by atoms with Crippen LogP contribution < -0.4 is 0 Å². The molecular formula is C14H16F3NO2. The van der Waals surface area contributed by atoms with Gasteiger partial charge in [0.15, 0.2) is 0 Å². The lowest BCUT2D eigenvalue weighted by Crippen LogP contribution is -2.40. The van der Waals surface area contributed by atoms with Gasteiger partial charge in [0.1, 0.15) is 6.61 Å². The molecule has 1 aliphatic heterocycles. The molecule has 1 aliphatic rings. The van der Waals surface area contributed by atoms with Crippen LogP contribution in [0.2, 0.25) is 0 Å². The van der Waals surface area contributed by atoms with E-state index >= 15 is 0 Å². The molecule has 0 bridgehead atoms. The van der Waals surface area contributed by atoms with Crippen molar-refractivity contribution in [1.29, 1.82) is 0 Å². The quantitative estimate of drug-likeness (QED) is 0.908. The second-order valence-electron chi connectivity index (χ2n) is 4.88. The van der Waals surface area contributed by atoms with Gasteiger partial charge in [0, 0.05) is 6.54 Å². The number of aliphatic hydroxyl groups excluding tert-OH is 1. The van der Waals surface area contributed by atoms with Crippen molar-refractivity contribution < 1.29 is 23.1 Å². The molecule has 6 heteroatoms. The first kappa shape index (κ1) is 14.8. The Balaban J connectivity index is 2.30. The third-order valence-electron chi connectivity index (χ3n) is 3.56. The van der Waals surface area contributed by atoms with E-state index in [1.165, 1.54) is 11.0 Å². The number of piperidine rings is 1. The molecule has 0 unspecified atom stereocenters. The van der Waals surface area contributed by atoms with Crippen molar-refractivity contribution in [1.82, 2.24) is 4.90 Å². The fourth-order valence-electron chi connectivity index (χ4n) is 2.59. The third kappa shape index (κ3) is 3.12. The first-order valence-corrected chi connectivity index (χ1v) is 6.51. The SMILES string of the molecule is O=C(CO)N1CCCC[C@@H]1c1cccc(C(F)(F)F)c1. The standard InChI is InChI=1S/C14H16F3NO2/c15-14(16,17)11-5-3-4-10(8-11)12-6-1-2-7-18(12)13(20)9-19/h3-5,8,12,19H,1-2,6-7,9H2/t12-/m1/s1. The number of carbonyl (C=O) groups excluding carboxylic acids is 1. The molecule has 0 aromatic heterocycles. The van der Waals surface area contributed by atoms with Crippen molar-refractivity contribution in [2.75, 3.05) is 13.2 Å². The summed E-state index contributed by atoms with van der Waals surface area (Å²) in [5.41, 5.74) is -0.238. The molecule has 0 radical (unpaired) electrons. The van der Waals surface area contributed by atoms with E-state index in [1.54, 1.807) is 6.07 Å². The van der Waals surface area contributed by atoms with Crippen LogP contribution in [0, 0.1) is 0 Å². The Bertz CT molecular complexity index is 488. The molecule has 110 valence electrons. The molecule has 1 saturated heterocycles. The Kier molecular flexibility index (Phi) is 4.32. The molecule has 1 atom stereocenters. The van der Waals surface area contributed by atoms with E-state index in [4.69, 9.17) is 5.11 Å². The maximum Gasteiger partial charge on any atom is 0.416 e. The van der Waals surface area contributed by atoms with Gasteiger partial charge in [0.05, 0.1) is 11.6 Å². The molecule has 3 nitrogen and oxygen atoms in total. The maximum absolute atomic E-state index is 12.7. The molecule has 0 saturated carbocycles. The molecule has 1 heterocycles. The number of hydrogen-bond donors (Lipinski definition) is 1. The molecule has 2 rings (SSSR count). The van der Waals surface area contributed by atoms with Gasteiger partial charge in [-0.25, -0.2) is 0 Å². The normalized spacial score (nSPS) is 20.0. The van der Waals surface area contributed by atoms with Crippen molar-refractivity contribution in [3.8, 4) is 0 Å². The number of rotatable bonds is 2. The van der Waals surface area contributed by atoms with Crippen LogP contribution in [0.4, 0.5) is 13.2 Å². The summed E-state index contributed by atoms with van der Waals surface area (Å²) in [6.45, 7) is -0.143. The highest BCUT2D eigenvalue weighted by atomic mass is 19.4. The average molecular weight is 287 g/mol. The zero-order chi connectivity index (χ0) is 14.8. The molecule has 1 fully saturated rings. The highest BCUT2D eigenvalue weighted by Gasteiger charge is 2.33. The summed E-state index contributed by atoms with van der Waals surface area (Å²) in [7, 11) is 0. The van der Waals surface area contributed by atoms with Gasteiger partial charge < -0.3 is 10.0 Å². The molecule has 1 N–H and O–H groups in total. The molecule has 0 aliphatic carbocycles. The number of halogens is 3. The van der Waals surface area contributed by atoms with Crippen molar-refractivity contribution in [2.45, 2.75) is 31.5 Å². The van der Waals surface area contributed by atoms with Crippen LogP contribution in [0.15, 0.2) is 24.3 Å². The number of amides is 1. The fraction of sp³-hybridized carbons (Fsp3) is 0.500. The number of hydrogen-bond acceptors (Lipinski definition) is 2. The summed E-state index contributed by atoms with van der Waals surface area (Å²) >= 11 is 0. The highest BCUT2D eigenvalue weighted by molar-refractivity contribution is 5.77. The van der Waals surface area contributed by atoms with E-state index in [-0.39, 0.29) is 6.04 Å². The van der Waals surface area contributed by atoms with Crippen LogP contribution in [-0.2, 0) is 11.0 Å². The van der Waals surface area contributed by atoms with Crippen molar-refractivity contribution in [3.05, 3.63) is 35.4 Å². The molecule has 1 amide bonds. The average Bonchev–Trinajstić information content (AvgIpc) is 2.45. The Labute approximate surface area is 115 Å². The Morgan fingerprint density at radius 2 is 2.10 bits per heavy atom. The zero-order valence-electron chi connectivity index (χ0n) is 10.9. The van der Waals surface area contributed by atoms with Crippen molar-refractivity contribution in [3.63, 3.8) is 0 Å². The second-order valence-corrected chi connectivity index (χ2v) is 4.88. The summed E-state index contributed by atoms with van der Waals surface area (Å²) < 4.78 is 38.2. The summed E-state index contributed by atoms with van der Waals surface area (Å²) in [5.74, 6) is -0.438.